The van der Waals surface area contributed by atoms with E-state index >= 15 is 0 Å². The van der Waals surface area contributed by atoms with Crippen molar-refractivity contribution >= 4 is 28.9 Å². The second-order valence-corrected chi connectivity index (χ2v) is 5.05. The van der Waals surface area contributed by atoms with Crippen molar-refractivity contribution in [3.05, 3.63) is 57.1 Å². The van der Waals surface area contributed by atoms with Crippen molar-refractivity contribution in [3.63, 3.8) is 0 Å². The highest BCUT2D eigenvalue weighted by molar-refractivity contribution is 6.31. The topological polar surface area (TPSA) is 90.7 Å². The zero-order valence-electron chi connectivity index (χ0n) is 12.7. The average molecular weight is 373 g/mol. The zero-order valence-corrected chi connectivity index (χ0v) is 13.4. The molecule has 132 valence electrons. The third-order valence-electron chi connectivity index (χ3n) is 3.04. The van der Waals surface area contributed by atoms with Crippen LogP contribution < -0.4 is 14.8 Å². The lowest BCUT2D eigenvalue weighted by molar-refractivity contribution is -0.385. The van der Waals surface area contributed by atoms with E-state index in [4.69, 9.17) is 16.3 Å². The number of rotatable bonds is 6. The van der Waals surface area contributed by atoms with E-state index in [1.807, 2.05) is 0 Å². The predicted molar refractivity (Wildman–Crippen MR) is 85.7 cm³/mol. The van der Waals surface area contributed by atoms with Crippen molar-refractivity contribution in [1.82, 2.24) is 0 Å². The quantitative estimate of drug-likeness (QED) is 0.608. The molecule has 1 N–H and O–H groups in total. The summed E-state index contributed by atoms with van der Waals surface area (Å²) in [5.74, 6) is -1.06. The summed E-state index contributed by atoms with van der Waals surface area (Å²) >= 11 is 5.69. The maximum absolute atomic E-state index is 12.4. The molecule has 7 nitrogen and oxygen atoms in total. The van der Waals surface area contributed by atoms with Gasteiger partial charge in [0.05, 0.1) is 12.0 Å². The molecule has 0 bridgehead atoms. The maximum atomic E-state index is 12.4. The minimum Gasteiger partial charge on any atom is -0.493 e. The van der Waals surface area contributed by atoms with Gasteiger partial charge >= 0.3 is 6.61 Å². The number of amides is 1. The molecule has 2 aromatic carbocycles. The second-order valence-electron chi connectivity index (χ2n) is 4.62. The molecular weight excluding hydrogens is 362 g/mol. The predicted octanol–water partition coefficient (Wildman–Crippen LogP) is 4.11. The molecule has 0 fully saturated rings. The van der Waals surface area contributed by atoms with Crippen molar-refractivity contribution in [3.8, 4) is 11.5 Å². The summed E-state index contributed by atoms with van der Waals surface area (Å²) < 4.78 is 34.0. The molecule has 0 heterocycles. The lowest BCUT2D eigenvalue weighted by atomic mass is 10.1. The van der Waals surface area contributed by atoms with Crippen molar-refractivity contribution in [2.75, 3.05) is 12.4 Å². The highest BCUT2D eigenvalue weighted by Crippen LogP contribution is 2.32. The van der Waals surface area contributed by atoms with E-state index < -0.39 is 23.1 Å². The van der Waals surface area contributed by atoms with Crippen LogP contribution in [-0.4, -0.2) is 24.6 Å². The monoisotopic (exact) mass is 372 g/mol. The Morgan fingerprint density at radius 2 is 1.96 bits per heavy atom. The van der Waals surface area contributed by atoms with Crippen LogP contribution in [0.2, 0.25) is 5.02 Å². The smallest absolute Gasteiger partial charge is 0.387 e. The van der Waals surface area contributed by atoms with Gasteiger partial charge in [0.15, 0.2) is 11.5 Å². The number of carbonyl (C=O) groups is 1. The molecule has 25 heavy (non-hydrogen) atoms. The van der Waals surface area contributed by atoms with E-state index in [1.165, 1.54) is 31.4 Å². The SMILES string of the molecule is COc1ccc(NC(=O)c2ccc(Cl)cc2[N+](=O)[O-])cc1OC(F)F. The first kappa shape index (κ1) is 18.4. The first-order valence-electron chi connectivity index (χ1n) is 6.70. The van der Waals surface area contributed by atoms with Crippen molar-refractivity contribution in [1.29, 1.82) is 0 Å². The zero-order chi connectivity index (χ0) is 18.6. The number of carbonyl (C=O) groups excluding carboxylic acids is 1. The molecule has 10 heteroatoms. The van der Waals surface area contributed by atoms with Crippen LogP contribution >= 0.6 is 11.6 Å². The third kappa shape index (κ3) is 4.54. The van der Waals surface area contributed by atoms with E-state index in [2.05, 4.69) is 10.1 Å². The van der Waals surface area contributed by atoms with Gasteiger partial charge in [-0.25, -0.2) is 0 Å². The molecule has 0 spiro atoms. The maximum Gasteiger partial charge on any atom is 0.387 e. The number of anilines is 1. The molecule has 0 saturated heterocycles. The molecular formula is C15H11ClF2N2O5. The first-order valence-corrected chi connectivity index (χ1v) is 7.07. The van der Waals surface area contributed by atoms with Gasteiger partial charge in [0.2, 0.25) is 0 Å². The van der Waals surface area contributed by atoms with Crippen LogP contribution in [0.15, 0.2) is 36.4 Å². The summed E-state index contributed by atoms with van der Waals surface area (Å²) in [6.45, 7) is -3.09. The third-order valence-corrected chi connectivity index (χ3v) is 3.27. The Bertz CT molecular complexity index is 817. The fraction of sp³-hybridized carbons (Fsp3) is 0.133. The number of halogens is 3. The van der Waals surface area contributed by atoms with Gasteiger partial charge in [0.25, 0.3) is 11.6 Å². The van der Waals surface area contributed by atoms with Crippen LogP contribution in [0, 0.1) is 10.1 Å². The van der Waals surface area contributed by atoms with Gasteiger partial charge in [0.1, 0.15) is 5.56 Å². The number of hydrogen-bond acceptors (Lipinski definition) is 5. The summed E-state index contributed by atoms with van der Waals surface area (Å²) in [7, 11) is 1.27. The first-order chi connectivity index (χ1) is 11.8. The number of nitrogens with zero attached hydrogens (tertiary/aromatic N) is 1. The van der Waals surface area contributed by atoms with E-state index in [0.29, 0.717) is 0 Å². The Hall–Kier alpha value is -2.94. The lowest BCUT2D eigenvalue weighted by Crippen LogP contribution is -2.14. The number of benzene rings is 2. The molecule has 0 aliphatic rings. The summed E-state index contributed by atoms with van der Waals surface area (Å²) in [4.78, 5) is 22.5. The van der Waals surface area contributed by atoms with Crippen LogP contribution in [-0.2, 0) is 0 Å². The number of alkyl halides is 2. The Kier molecular flexibility index (Phi) is 5.71. The molecule has 0 saturated carbocycles. The Labute approximate surface area is 145 Å². The molecule has 0 atom stereocenters. The van der Waals surface area contributed by atoms with E-state index in [1.54, 1.807) is 0 Å². The van der Waals surface area contributed by atoms with Crippen molar-refractivity contribution in [2.45, 2.75) is 6.61 Å². The molecule has 2 aromatic rings. The minimum atomic E-state index is -3.09. The van der Waals surface area contributed by atoms with Crippen LogP contribution in [0.4, 0.5) is 20.2 Å². The van der Waals surface area contributed by atoms with Gasteiger partial charge < -0.3 is 14.8 Å². The normalized spacial score (nSPS) is 10.4. The standard InChI is InChI=1S/C15H11ClF2N2O5/c1-24-12-5-3-9(7-13(12)25-15(17)18)19-14(21)10-4-2-8(16)6-11(10)20(22)23/h2-7,15H,1H3,(H,19,21). The number of nitro benzene ring substituents is 1. The molecule has 2 rings (SSSR count). The van der Waals surface area contributed by atoms with Gasteiger partial charge in [-0.3, -0.25) is 14.9 Å². The Balaban J connectivity index is 2.31. The molecule has 0 aliphatic heterocycles. The molecule has 0 unspecified atom stereocenters. The Morgan fingerprint density at radius 3 is 2.56 bits per heavy atom. The molecule has 1 amide bonds. The van der Waals surface area contributed by atoms with E-state index in [9.17, 15) is 23.7 Å². The van der Waals surface area contributed by atoms with E-state index in [-0.39, 0.29) is 27.8 Å². The van der Waals surface area contributed by atoms with Gasteiger partial charge in [-0.05, 0) is 24.3 Å². The van der Waals surface area contributed by atoms with Crippen molar-refractivity contribution in [2.24, 2.45) is 0 Å². The number of methoxy groups -OCH3 is 1. The fourth-order valence-corrected chi connectivity index (χ4v) is 2.16. The van der Waals surface area contributed by atoms with Gasteiger partial charge in [-0.15, -0.1) is 0 Å². The summed E-state index contributed by atoms with van der Waals surface area (Å²) in [5.41, 5.74) is -0.630. The highest BCUT2D eigenvalue weighted by atomic mass is 35.5. The van der Waals surface area contributed by atoms with Gasteiger partial charge in [0, 0.05) is 22.8 Å². The number of nitro groups is 1. The average Bonchev–Trinajstić information content (AvgIpc) is 2.54. The van der Waals surface area contributed by atoms with Crippen molar-refractivity contribution < 1.29 is 28.0 Å². The van der Waals surface area contributed by atoms with Crippen LogP contribution in [0.1, 0.15) is 10.4 Å². The van der Waals surface area contributed by atoms with Crippen LogP contribution in [0.25, 0.3) is 0 Å². The summed E-state index contributed by atoms with van der Waals surface area (Å²) in [6, 6.07) is 7.35. The Morgan fingerprint density at radius 1 is 1.24 bits per heavy atom. The van der Waals surface area contributed by atoms with Crippen LogP contribution in [0.3, 0.4) is 0 Å². The largest absolute Gasteiger partial charge is 0.493 e. The molecule has 0 aliphatic carbocycles. The second kappa shape index (κ2) is 7.75. The number of hydrogen-bond donors (Lipinski definition) is 1. The number of ether oxygens (including phenoxy) is 2. The highest BCUT2D eigenvalue weighted by Gasteiger charge is 2.21. The lowest BCUT2D eigenvalue weighted by Gasteiger charge is -2.12. The fourth-order valence-electron chi connectivity index (χ4n) is 1.99. The van der Waals surface area contributed by atoms with Crippen LogP contribution in [0.5, 0.6) is 11.5 Å². The van der Waals surface area contributed by atoms with Gasteiger partial charge in [-0.2, -0.15) is 8.78 Å². The number of nitrogens with one attached hydrogen (secondary N) is 1. The van der Waals surface area contributed by atoms with E-state index in [0.717, 1.165) is 12.1 Å². The summed E-state index contributed by atoms with van der Waals surface area (Å²) in [5, 5.41) is 13.5. The summed E-state index contributed by atoms with van der Waals surface area (Å²) in [6.07, 6.45) is 0. The van der Waals surface area contributed by atoms with Gasteiger partial charge in [-0.1, -0.05) is 11.6 Å². The minimum absolute atomic E-state index is 0.0378. The molecule has 0 aromatic heterocycles. The molecule has 0 radical (unpaired) electrons.